The normalized spacial score (nSPS) is 10.5. The molecule has 0 aromatic heterocycles. The molecule has 86 valence electrons. The van der Waals surface area contributed by atoms with Crippen LogP contribution in [0.3, 0.4) is 0 Å². The highest BCUT2D eigenvalue weighted by Gasteiger charge is 2.32. The van der Waals surface area contributed by atoms with Gasteiger partial charge in [0.1, 0.15) is 0 Å². The zero-order chi connectivity index (χ0) is 10.8. The molecular weight excluding hydrogens is 240 g/mol. The lowest BCUT2D eigenvalue weighted by Crippen LogP contribution is -2.18. The fourth-order valence-electron chi connectivity index (χ4n) is 0.798. The summed E-state index contributed by atoms with van der Waals surface area (Å²) in [6.45, 7) is 0. The van der Waals surface area contributed by atoms with E-state index in [0.29, 0.717) is 0 Å². The van der Waals surface area contributed by atoms with Gasteiger partial charge in [0.15, 0.2) is 11.6 Å². The number of alkyl halides is 3. The number of benzene rings is 1. The highest BCUT2D eigenvalue weighted by atomic mass is 35.5. The second kappa shape index (κ2) is 5.04. The second-order valence-electron chi connectivity index (χ2n) is 2.34. The Morgan fingerprint density at radius 1 is 1.27 bits per heavy atom. The van der Waals surface area contributed by atoms with E-state index in [4.69, 9.17) is 5.84 Å². The van der Waals surface area contributed by atoms with Crippen LogP contribution in [0, 0.1) is 5.82 Å². The number of nitrogens with two attached hydrogens (primary N) is 1. The lowest BCUT2D eigenvalue weighted by molar-refractivity contribution is -0.275. The van der Waals surface area contributed by atoms with Gasteiger partial charge in [-0.1, -0.05) is 0 Å². The van der Waals surface area contributed by atoms with Crippen molar-refractivity contribution in [1.29, 1.82) is 0 Å². The number of nitrogen functional groups attached to an aromatic ring is 1. The average molecular weight is 247 g/mol. The van der Waals surface area contributed by atoms with Crippen molar-refractivity contribution >= 4 is 18.1 Å². The molecule has 0 bridgehead atoms. The van der Waals surface area contributed by atoms with Gasteiger partial charge in [0.05, 0.1) is 5.69 Å². The third-order valence-electron chi connectivity index (χ3n) is 1.32. The predicted octanol–water partition coefficient (Wildman–Crippen LogP) is 2.43. The number of halogens is 5. The van der Waals surface area contributed by atoms with Crippen molar-refractivity contribution < 1.29 is 22.3 Å². The van der Waals surface area contributed by atoms with E-state index in [-0.39, 0.29) is 18.1 Å². The first-order chi connectivity index (χ1) is 6.42. The van der Waals surface area contributed by atoms with Crippen molar-refractivity contribution in [3.05, 3.63) is 24.0 Å². The molecule has 0 saturated carbocycles. The van der Waals surface area contributed by atoms with Gasteiger partial charge in [0.2, 0.25) is 0 Å². The van der Waals surface area contributed by atoms with E-state index in [9.17, 15) is 17.6 Å². The van der Waals surface area contributed by atoms with Crippen LogP contribution in [0.2, 0.25) is 0 Å². The maximum atomic E-state index is 12.8. The van der Waals surface area contributed by atoms with Crippen molar-refractivity contribution in [3.8, 4) is 5.75 Å². The van der Waals surface area contributed by atoms with E-state index in [1.54, 1.807) is 0 Å². The van der Waals surface area contributed by atoms with Gasteiger partial charge < -0.3 is 10.2 Å². The summed E-state index contributed by atoms with van der Waals surface area (Å²) in [5.41, 5.74) is 2.23. The van der Waals surface area contributed by atoms with E-state index >= 15 is 0 Å². The predicted molar refractivity (Wildman–Crippen MR) is 48.1 cm³/mol. The van der Waals surface area contributed by atoms with Gasteiger partial charge in [-0.3, -0.25) is 5.84 Å². The maximum absolute atomic E-state index is 12.8. The quantitative estimate of drug-likeness (QED) is 0.479. The van der Waals surface area contributed by atoms with E-state index in [2.05, 4.69) is 10.2 Å². The first-order valence-corrected chi connectivity index (χ1v) is 3.44. The zero-order valence-electron chi connectivity index (χ0n) is 7.14. The van der Waals surface area contributed by atoms with Crippen LogP contribution >= 0.6 is 12.4 Å². The van der Waals surface area contributed by atoms with E-state index in [1.807, 2.05) is 0 Å². The molecule has 0 aliphatic heterocycles. The Hall–Kier alpha value is -1.21. The molecule has 3 nitrogen and oxygen atoms in total. The Morgan fingerprint density at radius 2 is 1.87 bits per heavy atom. The van der Waals surface area contributed by atoms with Crippen LogP contribution in [-0.4, -0.2) is 6.36 Å². The second-order valence-corrected chi connectivity index (χ2v) is 2.34. The fourth-order valence-corrected chi connectivity index (χ4v) is 0.798. The highest BCUT2D eigenvalue weighted by Crippen LogP contribution is 2.26. The number of ether oxygens (including phenoxy) is 1. The van der Waals surface area contributed by atoms with Gasteiger partial charge in [-0.05, 0) is 12.1 Å². The number of rotatable bonds is 2. The first kappa shape index (κ1) is 13.8. The summed E-state index contributed by atoms with van der Waals surface area (Å²) in [6.07, 6.45) is -4.90. The fraction of sp³-hybridized carbons (Fsp3) is 0.143. The van der Waals surface area contributed by atoms with Crippen LogP contribution in [0.15, 0.2) is 18.2 Å². The monoisotopic (exact) mass is 246 g/mol. The Labute approximate surface area is 88.6 Å². The molecule has 3 N–H and O–H groups in total. The lowest BCUT2D eigenvalue weighted by atomic mass is 10.3. The Bertz CT molecular complexity index is 331. The Morgan fingerprint density at radius 3 is 2.27 bits per heavy atom. The highest BCUT2D eigenvalue weighted by molar-refractivity contribution is 5.85. The minimum Gasteiger partial charge on any atom is -0.403 e. The standard InChI is InChI=1S/C7H6F4N2O.ClH/c8-5-3-4(13-12)1-2-6(5)14-7(9,10)11;/h1-3,13H,12H2;1H. The van der Waals surface area contributed by atoms with Crippen LogP contribution in [0.1, 0.15) is 0 Å². The van der Waals surface area contributed by atoms with Crippen molar-refractivity contribution in [2.75, 3.05) is 5.43 Å². The van der Waals surface area contributed by atoms with Crippen LogP contribution < -0.4 is 16.0 Å². The van der Waals surface area contributed by atoms with Crippen molar-refractivity contribution in [2.45, 2.75) is 6.36 Å². The molecule has 0 saturated heterocycles. The molecule has 0 heterocycles. The van der Waals surface area contributed by atoms with Gasteiger partial charge in [-0.15, -0.1) is 25.6 Å². The number of nitrogens with one attached hydrogen (secondary N) is 1. The first-order valence-electron chi connectivity index (χ1n) is 3.44. The molecule has 0 aliphatic rings. The molecule has 15 heavy (non-hydrogen) atoms. The summed E-state index contributed by atoms with van der Waals surface area (Å²) in [4.78, 5) is 0. The molecule has 0 spiro atoms. The molecule has 0 radical (unpaired) electrons. The van der Waals surface area contributed by atoms with Gasteiger partial charge in [-0.25, -0.2) is 4.39 Å². The Balaban J connectivity index is 0.00000196. The van der Waals surface area contributed by atoms with Gasteiger partial charge in [0.25, 0.3) is 0 Å². The van der Waals surface area contributed by atoms with Crippen molar-refractivity contribution in [2.24, 2.45) is 5.84 Å². The Kier molecular flexibility index (Phi) is 4.63. The third kappa shape index (κ3) is 4.22. The van der Waals surface area contributed by atoms with Crippen LogP contribution in [-0.2, 0) is 0 Å². The molecule has 1 aromatic rings. The van der Waals surface area contributed by atoms with E-state index < -0.39 is 17.9 Å². The third-order valence-corrected chi connectivity index (χ3v) is 1.32. The summed E-state index contributed by atoms with van der Waals surface area (Å²) >= 11 is 0. The summed E-state index contributed by atoms with van der Waals surface area (Å²) in [5, 5.41) is 0. The molecule has 0 unspecified atom stereocenters. The number of hydrazine groups is 1. The molecule has 0 fully saturated rings. The average Bonchev–Trinajstić information content (AvgIpc) is 2.06. The summed E-state index contributed by atoms with van der Waals surface area (Å²) in [5.74, 6) is 2.88. The number of anilines is 1. The molecule has 8 heteroatoms. The summed E-state index contributed by atoms with van der Waals surface area (Å²) < 4.78 is 51.3. The minimum atomic E-state index is -4.90. The lowest BCUT2D eigenvalue weighted by Gasteiger charge is -2.10. The van der Waals surface area contributed by atoms with Crippen LogP contribution in [0.4, 0.5) is 23.2 Å². The summed E-state index contributed by atoms with van der Waals surface area (Å²) in [6, 6.07) is 2.78. The molecule has 0 atom stereocenters. The van der Waals surface area contributed by atoms with Crippen molar-refractivity contribution in [1.82, 2.24) is 0 Å². The topological polar surface area (TPSA) is 47.3 Å². The molecular formula is C7H7ClF4N2O. The zero-order valence-corrected chi connectivity index (χ0v) is 7.95. The minimum absolute atomic E-state index is 0. The van der Waals surface area contributed by atoms with Crippen LogP contribution in [0.25, 0.3) is 0 Å². The largest absolute Gasteiger partial charge is 0.573 e. The molecule has 0 aliphatic carbocycles. The SMILES string of the molecule is Cl.NNc1ccc(OC(F)(F)F)c(F)c1. The molecule has 1 aromatic carbocycles. The van der Waals surface area contributed by atoms with E-state index in [1.165, 1.54) is 0 Å². The van der Waals surface area contributed by atoms with Gasteiger partial charge >= 0.3 is 6.36 Å². The maximum Gasteiger partial charge on any atom is 0.573 e. The van der Waals surface area contributed by atoms with Gasteiger partial charge in [-0.2, -0.15) is 0 Å². The van der Waals surface area contributed by atoms with E-state index in [0.717, 1.165) is 18.2 Å². The molecule has 0 amide bonds. The van der Waals surface area contributed by atoms with Gasteiger partial charge in [0, 0.05) is 6.07 Å². The summed E-state index contributed by atoms with van der Waals surface area (Å²) in [7, 11) is 0. The van der Waals surface area contributed by atoms with Crippen LogP contribution in [0.5, 0.6) is 5.75 Å². The molecule has 1 rings (SSSR count). The number of hydrogen-bond donors (Lipinski definition) is 2. The van der Waals surface area contributed by atoms with Crippen molar-refractivity contribution in [3.63, 3.8) is 0 Å². The number of hydrogen-bond acceptors (Lipinski definition) is 3. The smallest absolute Gasteiger partial charge is 0.403 e.